The molecule has 0 amide bonds. The van der Waals surface area contributed by atoms with Crippen LogP contribution in [0.15, 0.2) is 29.3 Å². The van der Waals surface area contributed by atoms with Gasteiger partial charge in [-0.25, -0.2) is 0 Å². The molecular weight excluding hydrogens is 206 g/mol. The predicted molar refractivity (Wildman–Crippen MR) is 64.0 cm³/mol. The van der Waals surface area contributed by atoms with E-state index in [0.29, 0.717) is 6.10 Å². The Bertz CT molecular complexity index is 362. The van der Waals surface area contributed by atoms with Crippen LogP contribution in [0.1, 0.15) is 25.7 Å². The first kappa shape index (κ1) is 10.3. The summed E-state index contributed by atoms with van der Waals surface area (Å²) in [6, 6.07) is 7.65. The molecule has 0 aromatic heterocycles. The number of hydrogen-bond acceptors (Lipinski definition) is 3. The standard InChI is InChI=1S/C12H13NOS/c15-9-13-10-5-7-12(8-6-10)14-11-3-1-2-4-11/h5-8,11H,1-4H2. The van der Waals surface area contributed by atoms with Crippen molar-refractivity contribution in [3.05, 3.63) is 24.3 Å². The van der Waals surface area contributed by atoms with Crippen LogP contribution in [0.4, 0.5) is 5.69 Å². The molecule has 1 fully saturated rings. The zero-order valence-electron chi connectivity index (χ0n) is 8.48. The Balaban J connectivity index is 1.99. The zero-order chi connectivity index (χ0) is 10.5. The molecule has 15 heavy (non-hydrogen) atoms. The van der Waals surface area contributed by atoms with Gasteiger partial charge in [0.1, 0.15) is 5.75 Å². The maximum atomic E-state index is 5.82. The molecule has 0 bridgehead atoms. The van der Waals surface area contributed by atoms with Crippen LogP contribution in [0.2, 0.25) is 0 Å². The number of thiocarbonyl (C=S) groups is 1. The lowest BCUT2D eigenvalue weighted by Crippen LogP contribution is -2.10. The van der Waals surface area contributed by atoms with Crippen molar-refractivity contribution in [2.24, 2.45) is 4.99 Å². The summed E-state index contributed by atoms with van der Waals surface area (Å²) >= 11 is 4.53. The van der Waals surface area contributed by atoms with Crippen LogP contribution in [0.25, 0.3) is 0 Å². The van der Waals surface area contributed by atoms with Gasteiger partial charge in [0.2, 0.25) is 0 Å². The number of rotatable bonds is 3. The highest BCUT2D eigenvalue weighted by Gasteiger charge is 2.15. The summed E-state index contributed by atoms with van der Waals surface area (Å²) in [5.41, 5.74) is 0.823. The van der Waals surface area contributed by atoms with Gasteiger partial charge in [-0.2, -0.15) is 4.99 Å². The SMILES string of the molecule is S=C=Nc1ccc(OC2CCCC2)cc1. The van der Waals surface area contributed by atoms with E-state index in [9.17, 15) is 0 Å². The normalized spacial score (nSPS) is 16.0. The second-order valence-electron chi connectivity index (χ2n) is 3.72. The molecule has 1 aliphatic rings. The summed E-state index contributed by atoms with van der Waals surface area (Å²) in [6.07, 6.45) is 5.35. The van der Waals surface area contributed by atoms with Crippen LogP contribution in [-0.2, 0) is 0 Å². The van der Waals surface area contributed by atoms with Gasteiger partial charge in [0, 0.05) is 0 Å². The average molecular weight is 219 g/mol. The van der Waals surface area contributed by atoms with Crippen LogP contribution < -0.4 is 4.74 Å². The van der Waals surface area contributed by atoms with Gasteiger partial charge >= 0.3 is 0 Å². The van der Waals surface area contributed by atoms with Gasteiger partial charge in [-0.3, -0.25) is 0 Å². The van der Waals surface area contributed by atoms with Crippen molar-refractivity contribution < 1.29 is 4.74 Å². The molecule has 0 atom stereocenters. The van der Waals surface area contributed by atoms with E-state index >= 15 is 0 Å². The molecule has 3 heteroatoms. The lowest BCUT2D eigenvalue weighted by molar-refractivity contribution is 0.210. The summed E-state index contributed by atoms with van der Waals surface area (Å²) in [5.74, 6) is 0.921. The molecule has 0 unspecified atom stereocenters. The number of hydrogen-bond donors (Lipinski definition) is 0. The number of isothiocyanates is 1. The van der Waals surface area contributed by atoms with E-state index in [1.54, 1.807) is 0 Å². The first-order chi connectivity index (χ1) is 7.38. The Morgan fingerprint density at radius 3 is 2.47 bits per heavy atom. The molecule has 0 radical (unpaired) electrons. The van der Waals surface area contributed by atoms with Gasteiger partial charge in [-0.15, -0.1) is 0 Å². The van der Waals surface area contributed by atoms with Crippen molar-refractivity contribution in [3.8, 4) is 5.75 Å². The summed E-state index contributed by atoms with van der Waals surface area (Å²) in [4.78, 5) is 3.89. The lowest BCUT2D eigenvalue weighted by Gasteiger charge is -2.12. The van der Waals surface area contributed by atoms with Crippen molar-refractivity contribution in [2.45, 2.75) is 31.8 Å². The van der Waals surface area contributed by atoms with Gasteiger partial charge < -0.3 is 4.74 Å². The maximum absolute atomic E-state index is 5.82. The molecule has 2 nitrogen and oxygen atoms in total. The Labute approximate surface area is 95.0 Å². The molecule has 1 aromatic carbocycles. The first-order valence-corrected chi connectivity index (χ1v) is 5.64. The molecule has 0 heterocycles. The van der Waals surface area contributed by atoms with E-state index in [0.717, 1.165) is 11.4 Å². The summed E-state index contributed by atoms with van der Waals surface area (Å²) < 4.78 is 5.82. The van der Waals surface area contributed by atoms with Crippen molar-refractivity contribution in [1.29, 1.82) is 0 Å². The molecule has 1 saturated carbocycles. The summed E-state index contributed by atoms with van der Waals surface area (Å²) in [6.45, 7) is 0. The van der Waals surface area contributed by atoms with Crippen molar-refractivity contribution in [3.63, 3.8) is 0 Å². The fourth-order valence-corrected chi connectivity index (χ4v) is 1.96. The zero-order valence-corrected chi connectivity index (χ0v) is 9.30. The van der Waals surface area contributed by atoms with Crippen molar-refractivity contribution >= 4 is 23.1 Å². The van der Waals surface area contributed by atoms with Gasteiger partial charge in [-0.05, 0) is 62.2 Å². The average Bonchev–Trinajstić information content (AvgIpc) is 2.74. The van der Waals surface area contributed by atoms with Crippen LogP contribution >= 0.6 is 12.2 Å². The molecular formula is C12H13NOS. The van der Waals surface area contributed by atoms with E-state index in [2.05, 4.69) is 22.4 Å². The monoisotopic (exact) mass is 219 g/mol. The molecule has 0 aliphatic heterocycles. The fraction of sp³-hybridized carbons (Fsp3) is 0.417. The third kappa shape index (κ3) is 2.88. The fourth-order valence-electron chi connectivity index (χ4n) is 1.85. The summed E-state index contributed by atoms with van der Waals surface area (Å²) in [5, 5.41) is 2.34. The second kappa shape index (κ2) is 5.06. The highest BCUT2D eigenvalue weighted by molar-refractivity contribution is 7.78. The third-order valence-corrected chi connectivity index (χ3v) is 2.71. The molecule has 78 valence electrons. The quantitative estimate of drug-likeness (QED) is 0.570. The lowest BCUT2D eigenvalue weighted by atomic mass is 10.3. The highest BCUT2D eigenvalue weighted by Crippen LogP contribution is 2.25. The molecule has 0 saturated heterocycles. The Morgan fingerprint density at radius 1 is 1.20 bits per heavy atom. The number of ether oxygens (including phenoxy) is 1. The minimum Gasteiger partial charge on any atom is -0.490 e. The molecule has 0 spiro atoms. The molecule has 2 rings (SSSR count). The van der Waals surface area contributed by atoms with Crippen LogP contribution in [0.5, 0.6) is 5.75 Å². The number of aliphatic imine (C=N–C) groups is 1. The van der Waals surface area contributed by atoms with E-state index in [1.165, 1.54) is 25.7 Å². The summed E-state index contributed by atoms with van der Waals surface area (Å²) in [7, 11) is 0. The number of benzene rings is 1. The van der Waals surface area contributed by atoms with Crippen molar-refractivity contribution in [2.75, 3.05) is 0 Å². The largest absolute Gasteiger partial charge is 0.490 e. The van der Waals surface area contributed by atoms with E-state index in [1.807, 2.05) is 24.3 Å². The second-order valence-corrected chi connectivity index (χ2v) is 3.90. The molecule has 1 aromatic rings. The minimum absolute atomic E-state index is 0.407. The van der Waals surface area contributed by atoms with Crippen LogP contribution in [0, 0.1) is 0 Å². The highest BCUT2D eigenvalue weighted by atomic mass is 32.1. The molecule has 1 aliphatic carbocycles. The van der Waals surface area contributed by atoms with Crippen molar-refractivity contribution in [1.82, 2.24) is 0 Å². The Kier molecular flexibility index (Phi) is 3.49. The first-order valence-electron chi connectivity index (χ1n) is 5.23. The minimum atomic E-state index is 0.407. The molecule has 0 N–H and O–H groups in total. The third-order valence-electron chi connectivity index (χ3n) is 2.62. The van der Waals surface area contributed by atoms with Gasteiger partial charge in [0.15, 0.2) is 0 Å². The maximum Gasteiger partial charge on any atom is 0.119 e. The van der Waals surface area contributed by atoms with E-state index < -0.39 is 0 Å². The van der Waals surface area contributed by atoms with Gasteiger partial charge in [-0.1, -0.05) is 0 Å². The topological polar surface area (TPSA) is 21.6 Å². The van der Waals surface area contributed by atoms with Gasteiger partial charge in [0.25, 0.3) is 0 Å². The predicted octanol–water partition coefficient (Wildman–Crippen LogP) is 3.74. The van der Waals surface area contributed by atoms with Crippen LogP contribution in [-0.4, -0.2) is 11.3 Å². The number of nitrogens with zero attached hydrogens (tertiary/aromatic N) is 1. The Hall–Kier alpha value is -1.18. The smallest absolute Gasteiger partial charge is 0.119 e. The Morgan fingerprint density at radius 2 is 1.87 bits per heavy atom. The van der Waals surface area contributed by atoms with Crippen LogP contribution in [0.3, 0.4) is 0 Å². The van der Waals surface area contributed by atoms with E-state index in [-0.39, 0.29) is 0 Å². The van der Waals surface area contributed by atoms with Gasteiger partial charge in [0.05, 0.1) is 17.0 Å². The van der Waals surface area contributed by atoms with E-state index in [4.69, 9.17) is 4.74 Å².